The molecule has 1 saturated heterocycles. The van der Waals surface area contributed by atoms with Gasteiger partial charge in [0.2, 0.25) is 0 Å². The third kappa shape index (κ3) is 2.66. The predicted molar refractivity (Wildman–Crippen MR) is 67.8 cm³/mol. The molecule has 94 valence electrons. The zero-order valence-corrected chi connectivity index (χ0v) is 10.4. The summed E-state index contributed by atoms with van der Waals surface area (Å²) in [5.41, 5.74) is 6.84. The lowest BCUT2D eigenvalue weighted by Gasteiger charge is -2.21. The Morgan fingerprint density at radius 2 is 2.41 bits per heavy atom. The van der Waals surface area contributed by atoms with Crippen LogP contribution in [0.15, 0.2) is 6.33 Å². The average Bonchev–Trinajstić information content (AvgIpc) is 2.82. The summed E-state index contributed by atoms with van der Waals surface area (Å²) in [5, 5.41) is 3.43. The highest BCUT2D eigenvalue weighted by Crippen LogP contribution is 2.23. The molecule has 1 aromatic heterocycles. The molecular weight excluding hydrogens is 216 g/mol. The maximum absolute atomic E-state index is 5.85. The number of anilines is 2. The fourth-order valence-corrected chi connectivity index (χ4v) is 2.18. The van der Waals surface area contributed by atoms with Crippen LogP contribution in [0.4, 0.5) is 11.6 Å². The summed E-state index contributed by atoms with van der Waals surface area (Å²) < 4.78 is 5.40. The normalized spacial score (nSPS) is 21.4. The van der Waals surface area contributed by atoms with Crippen LogP contribution in [0.5, 0.6) is 0 Å². The van der Waals surface area contributed by atoms with Crippen LogP contribution in [-0.4, -0.2) is 29.2 Å². The van der Waals surface area contributed by atoms with E-state index in [9.17, 15) is 0 Å². The monoisotopic (exact) mass is 236 g/mol. The first kappa shape index (κ1) is 12.1. The highest BCUT2D eigenvalue weighted by Gasteiger charge is 2.23. The van der Waals surface area contributed by atoms with Gasteiger partial charge >= 0.3 is 0 Å². The highest BCUT2D eigenvalue weighted by molar-refractivity contribution is 5.55. The van der Waals surface area contributed by atoms with E-state index in [2.05, 4.69) is 29.1 Å². The van der Waals surface area contributed by atoms with Crippen LogP contribution in [-0.2, 0) is 11.2 Å². The minimum Gasteiger partial charge on any atom is -0.383 e. The second kappa shape index (κ2) is 5.31. The lowest BCUT2D eigenvalue weighted by Crippen LogP contribution is -2.27. The van der Waals surface area contributed by atoms with Gasteiger partial charge in [0.1, 0.15) is 18.0 Å². The topological polar surface area (TPSA) is 73.1 Å². The van der Waals surface area contributed by atoms with Crippen LogP contribution < -0.4 is 11.1 Å². The van der Waals surface area contributed by atoms with Crippen molar-refractivity contribution in [3.8, 4) is 0 Å². The Kier molecular flexibility index (Phi) is 3.78. The highest BCUT2D eigenvalue weighted by atomic mass is 16.5. The maximum Gasteiger partial charge on any atom is 0.134 e. The molecule has 0 radical (unpaired) electrons. The van der Waals surface area contributed by atoms with Crippen molar-refractivity contribution in [1.29, 1.82) is 0 Å². The molecule has 1 fully saturated rings. The number of nitrogens with one attached hydrogen (secondary N) is 1. The molecule has 1 aliphatic heterocycles. The van der Waals surface area contributed by atoms with Crippen LogP contribution in [0.3, 0.4) is 0 Å². The van der Waals surface area contributed by atoms with Gasteiger partial charge in [-0.1, -0.05) is 6.92 Å². The number of aromatic nitrogens is 2. The molecule has 1 aromatic rings. The number of hydrogen-bond donors (Lipinski definition) is 2. The van der Waals surface area contributed by atoms with Gasteiger partial charge in [-0.2, -0.15) is 0 Å². The Labute approximate surface area is 102 Å². The van der Waals surface area contributed by atoms with Gasteiger partial charge in [-0.05, 0) is 19.8 Å². The smallest absolute Gasteiger partial charge is 0.134 e. The minimum atomic E-state index is 0.345. The molecule has 0 saturated carbocycles. The van der Waals surface area contributed by atoms with Crippen LogP contribution in [0, 0.1) is 5.92 Å². The van der Waals surface area contributed by atoms with Crippen LogP contribution >= 0.6 is 0 Å². The van der Waals surface area contributed by atoms with Crippen LogP contribution in [0.25, 0.3) is 0 Å². The number of nitrogen functional groups attached to an aromatic ring is 1. The average molecular weight is 236 g/mol. The van der Waals surface area contributed by atoms with E-state index in [1.54, 1.807) is 0 Å². The first-order valence-electron chi connectivity index (χ1n) is 6.16. The van der Waals surface area contributed by atoms with Crippen molar-refractivity contribution in [2.24, 2.45) is 5.92 Å². The Hall–Kier alpha value is -1.36. The summed E-state index contributed by atoms with van der Waals surface area (Å²) in [5.74, 6) is 1.98. The van der Waals surface area contributed by atoms with E-state index >= 15 is 0 Å². The Morgan fingerprint density at radius 1 is 1.59 bits per heavy atom. The van der Waals surface area contributed by atoms with Gasteiger partial charge in [-0.15, -0.1) is 0 Å². The Morgan fingerprint density at radius 3 is 3.06 bits per heavy atom. The van der Waals surface area contributed by atoms with E-state index in [0.717, 1.165) is 37.4 Å². The van der Waals surface area contributed by atoms with E-state index in [1.807, 2.05) is 0 Å². The van der Waals surface area contributed by atoms with Crippen molar-refractivity contribution >= 4 is 11.6 Å². The van der Waals surface area contributed by atoms with Crippen LogP contribution in [0.1, 0.15) is 25.8 Å². The molecule has 0 aliphatic carbocycles. The molecule has 3 N–H and O–H groups in total. The molecule has 2 atom stereocenters. The summed E-state index contributed by atoms with van der Waals surface area (Å²) in [6.07, 6.45) is 3.45. The van der Waals surface area contributed by atoms with E-state index in [4.69, 9.17) is 10.5 Å². The Balaban J connectivity index is 2.09. The van der Waals surface area contributed by atoms with Gasteiger partial charge in [0.05, 0.1) is 6.61 Å². The second-order valence-corrected chi connectivity index (χ2v) is 4.50. The molecular formula is C12H20N4O. The standard InChI is InChI=1S/C12H20N4O/c1-3-10-11(13)14-7-15-12(10)16-8(2)9-4-5-17-6-9/h7-9H,3-6H2,1-2H3,(H3,13,14,15,16). The lowest BCUT2D eigenvalue weighted by atomic mass is 10.0. The minimum absolute atomic E-state index is 0.345. The SMILES string of the molecule is CCc1c(N)ncnc1NC(C)C1CCOC1. The molecule has 2 heterocycles. The number of ether oxygens (including phenoxy) is 1. The fraction of sp³-hybridized carbons (Fsp3) is 0.667. The van der Waals surface area contributed by atoms with E-state index in [-0.39, 0.29) is 0 Å². The molecule has 2 unspecified atom stereocenters. The lowest BCUT2D eigenvalue weighted by molar-refractivity contribution is 0.183. The van der Waals surface area contributed by atoms with Crippen LogP contribution in [0.2, 0.25) is 0 Å². The fourth-order valence-electron chi connectivity index (χ4n) is 2.18. The summed E-state index contributed by atoms with van der Waals surface area (Å²) >= 11 is 0. The van der Waals surface area contributed by atoms with Gasteiger partial charge in [-0.25, -0.2) is 9.97 Å². The van der Waals surface area contributed by atoms with Crippen molar-refractivity contribution in [2.75, 3.05) is 24.3 Å². The predicted octanol–water partition coefficient (Wildman–Crippen LogP) is 1.46. The first-order chi connectivity index (χ1) is 8.22. The number of hydrogen-bond acceptors (Lipinski definition) is 5. The molecule has 5 heteroatoms. The number of nitrogens with two attached hydrogens (primary N) is 1. The molecule has 1 aliphatic rings. The second-order valence-electron chi connectivity index (χ2n) is 4.50. The van der Waals surface area contributed by atoms with Crippen molar-refractivity contribution in [3.63, 3.8) is 0 Å². The quantitative estimate of drug-likeness (QED) is 0.828. The summed E-state index contributed by atoms with van der Waals surface area (Å²) in [7, 11) is 0. The van der Waals surface area contributed by atoms with E-state index in [1.165, 1.54) is 6.33 Å². The van der Waals surface area contributed by atoms with Crippen molar-refractivity contribution in [1.82, 2.24) is 9.97 Å². The van der Waals surface area contributed by atoms with Crippen molar-refractivity contribution < 1.29 is 4.74 Å². The molecule has 2 rings (SSSR count). The Bertz CT molecular complexity index is 377. The first-order valence-corrected chi connectivity index (χ1v) is 6.16. The van der Waals surface area contributed by atoms with Gasteiger partial charge in [0, 0.05) is 24.1 Å². The van der Waals surface area contributed by atoms with Gasteiger partial charge in [0.15, 0.2) is 0 Å². The molecule has 0 aromatic carbocycles. The van der Waals surface area contributed by atoms with E-state index in [0.29, 0.717) is 17.8 Å². The number of rotatable bonds is 4. The third-order valence-corrected chi connectivity index (χ3v) is 3.37. The summed E-state index contributed by atoms with van der Waals surface area (Å²) in [4.78, 5) is 8.30. The van der Waals surface area contributed by atoms with Gasteiger partial charge in [0.25, 0.3) is 0 Å². The van der Waals surface area contributed by atoms with E-state index < -0.39 is 0 Å². The van der Waals surface area contributed by atoms with Crippen molar-refractivity contribution in [2.45, 2.75) is 32.7 Å². The maximum atomic E-state index is 5.85. The molecule has 0 bridgehead atoms. The zero-order valence-electron chi connectivity index (χ0n) is 10.4. The molecule has 17 heavy (non-hydrogen) atoms. The molecule has 5 nitrogen and oxygen atoms in total. The largest absolute Gasteiger partial charge is 0.383 e. The zero-order chi connectivity index (χ0) is 12.3. The van der Waals surface area contributed by atoms with Crippen molar-refractivity contribution in [3.05, 3.63) is 11.9 Å². The summed E-state index contributed by atoms with van der Waals surface area (Å²) in [6.45, 7) is 5.92. The molecule has 0 amide bonds. The molecule has 0 spiro atoms. The third-order valence-electron chi connectivity index (χ3n) is 3.37. The van der Waals surface area contributed by atoms with Gasteiger partial charge in [-0.3, -0.25) is 0 Å². The van der Waals surface area contributed by atoms with Gasteiger partial charge < -0.3 is 15.8 Å². The summed E-state index contributed by atoms with van der Waals surface area (Å²) in [6, 6.07) is 0.345. The number of nitrogens with zero attached hydrogens (tertiary/aromatic N) is 2.